The Morgan fingerprint density at radius 3 is 2.59 bits per heavy atom. The van der Waals surface area contributed by atoms with Gasteiger partial charge in [0.15, 0.2) is 0 Å². The number of benzene rings is 1. The highest BCUT2D eigenvalue weighted by molar-refractivity contribution is 7.18. The van der Waals surface area contributed by atoms with Crippen LogP contribution in [0, 0.1) is 6.92 Å². The third-order valence-electron chi connectivity index (χ3n) is 4.88. The van der Waals surface area contributed by atoms with Crippen LogP contribution < -0.4 is 9.64 Å². The Bertz CT molecular complexity index is 946. The Hall–Kier alpha value is -2.67. The van der Waals surface area contributed by atoms with Crippen molar-refractivity contribution in [3.63, 3.8) is 0 Å². The molecule has 2 aromatic heterocycles. The molecule has 0 radical (unpaired) electrons. The quantitative estimate of drug-likeness (QED) is 0.694. The standard InChI is InChI=1S/C20H22N4O2S/c1-14-11-17-19(21-13-22-20(17)27-14)24-9-7-23(8-10-24)18(25)12-15-3-5-16(26-2)6-4-15/h3-6,11,13H,7-10,12H2,1-2H3. The molecule has 4 rings (SSSR count). The van der Waals surface area contributed by atoms with Gasteiger partial charge in [-0.05, 0) is 30.7 Å². The average Bonchev–Trinajstić information content (AvgIpc) is 3.09. The van der Waals surface area contributed by atoms with E-state index in [0.717, 1.165) is 40.4 Å². The van der Waals surface area contributed by atoms with E-state index < -0.39 is 0 Å². The summed E-state index contributed by atoms with van der Waals surface area (Å²) in [6.07, 6.45) is 2.06. The van der Waals surface area contributed by atoms with Crippen molar-refractivity contribution in [2.75, 3.05) is 38.2 Å². The lowest BCUT2D eigenvalue weighted by Gasteiger charge is -2.35. The first kappa shape index (κ1) is 17.7. The molecule has 7 heteroatoms. The maximum Gasteiger partial charge on any atom is 0.227 e. The fourth-order valence-corrected chi connectivity index (χ4v) is 4.25. The molecular formula is C20H22N4O2S. The lowest BCUT2D eigenvalue weighted by Crippen LogP contribution is -2.49. The lowest BCUT2D eigenvalue weighted by atomic mass is 10.1. The molecule has 0 saturated carbocycles. The summed E-state index contributed by atoms with van der Waals surface area (Å²) in [5.41, 5.74) is 1.01. The van der Waals surface area contributed by atoms with Gasteiger partial charge in [0, 0.05) is 31.1 Å². The summed E-state index contributed by atoms with van der Waals surface area (Å²) in [5.74, 6) is 1.95. The van der Waals surface area contributed by atoms with Gasteiger partial charge < -0.3 is 14.5 Å². The van der Waals surface area contributed by atoms with Crippen LogP contribution >= 0.6 is 11.3 Å². The zero-order valence-electron chi connectivity index (χ0n) is 15.5. The van der Waals surface area contributed by atoms with Crippen LogP contribution in [-0.4, -0.2) is 54.1 Å². The summed E-state index contributed by atoms with van der Waals surface area (Å²) >= 11 is 1.69. The van der Waals surface area contributed by atoms with Crippen LogP contribution in [0.5, 0.6) is 5.75 Å². The van der Waals surface area contributed by atoms with Crippen LogP contribution in [0.25, 0.3) is 10.2 Å². The first-order valence-corrected chi connectivity index (χ1v) is 9.82. The lowest BCUT2D eigenvalue weighted by molar-refractivity contribution is -0.130. The Labute approximate surface area is 162 Å². The number of fused-ring (bicyclic) bond motifs is 1. The van der Waals surface area contributed by atoms with E-state index in [2.05, 4.69) is 27.9 Å². The van der Waals surface area contributed by atoms with E-state index in [1.807, 2.05) is 29.2 Å². The molecule has 0 bridgehead atoms. The van der Waals surface area contributed by atoms with Crippen LogP contribution in [0.2, 0.25) is 0 Å². The number of amides is 1. The summed E-state index contributed by atoms with van der Waals surface area (Å²) < 4.78 is 5.17. The molecule has 1 saturated heterocycles. The molecule has 1 fully saturated rings. The minimum Gasteiger partial charge on any atom is -0.497 e. The second-order valence-electron chi connectivity index (χ2n) is 6.67. The van der Waals surface area contributed by atoms with Crippen LogP contribution in [0.15, 0.2) is 36.7 Å². The zero-order valence-corrected chi connectivity index (χ0v) is 16.3. The molecule has 0 N–H and O–H groups in total. The number of ether oxygens (including phenoxy) is 1. The van der Waals surface area contributed by atoms with E-state index in [4.69, 9.17) is 4.74 Å². The van der Waals surface area contributed by atoms with Crippen LogP contribution in [0.1, 0.15) is 10.4 Å². The van der Waals surface area contributed by atoms with Crippen LogP contribution in [0.4, 0.5) is 5.82 Å². The molecule has 0 aliphatic carbocycles. The molecule has 0 spiro atoms. The molecular weight excluding hydrogens is 360 g/mol. The van der Waals surface area contributed by atoms with Gasteiger partial charge in [0.2, 0.25) is 5.91 Å². The average molecular weight is 382 g/mol. The largest absolute Gasteiger partial charge is 0.497 e. The van der Waals surface area contributed by atoms with Gasteiger partial charge in [0.25, 0.3) is 0 Å². The maximum atomic E-state index is 12.6. The van der Waals surface area contributed by atoms with Gasteiger partial charge >= 0.3 is 0 Å². The van der Waals surface area contributed by atoms with Crippen molar-refractivity contribution in [2.24, 2.45) is 0 Å². The Morgan fingerprint density at radius 1 is 1.15 bits per heavy atom. The van der Waals surface area contributed by atoms with Crippen molar-refractivity contribution >= 4 is 33.3 Å². The number of rotatable bonds is 4. The van der Waals surface area contributed by atoms with E-state index in [-0.39, 0.29) is 5.91 Å². The molecule has 3 aromatic rings. The summed E-state index contributed by atoms with van der Waals surface area (Å²) in [4.78, 5) is 28.0. The maximum absolute atomic E-state index is 12.6. The second kappa shape index (κ2) is 7.52. The number of hydrogen-bond donors (Lipinski definition) is 0. The third-order valence-corrected chi connectivity index (χ3v) is 5.84. The van der Waals surface area contributed by atoms with Crippen LogP contribution in [-0.2, 0) is 11.2 Å². The van der Waals surface area contributed by atoms with Gasteiger partial charge in [-0.3, -0.25) is 4.79 Å². The number of anilines is 1. The number of methoxy groups -OCH3 is 1. The molecule has 0 unspecified atom stereocenters. The van der Waals surface area contributed by atoms with Crippen LogP contribution in [0.3, 0.4) is 0 Å². The number of nitrogens with zero attached hydrogens (tertiary/aromatic N) is 4. The summed E-state index contributed by atoms with van der Waals surface area (Å²) in [5, 5.41) is 1.11. The minimum atomic E-state index is 0.166. The second-order valence-corrected chi connectivity index (χ2v) is 7.90. The highest BCUT2D eigenvalue weighted by Crippen LogP contribution is 2.30. The van der Waals surface area contributed by atoms with Gasteiger partial charge in [-0.2, -0.15) is 0 Å². The van der Waals surface area contributed by atoms with Crippen molar-refractivity contribution in [3.8, 4) is 5.75 Å². The SMILES string of the molecule is COc1ccc(CC(=O)N2CCN(c3ncnc4sc(C)cc34)CC2)cc1. The molecule has 27 heavy (non-hydrogen) atoms. The fourth-order valence-electron chi connectivity index (χ4n) is 3.41. The number of thiophene rings is 1. The molecule has 1 aromatic carbocycles. The van der Waals surface area contributed by atoms with E-state index in [1.54, 1.807) is 24.8 Å². The van der Waals surface area contributed by atoms with Gasteiger partial charge in [0.1, 0.15) is 22.7 Å². The highest BCUT2D eigenvalue weighted by Gasteiger charge is 2.23. The first-order chi connectivity index (χ1) is 13.1. The predicted octanol–water partition coefficient (Wildman–Crippen LogP) is 2.90. The smallest absolute Gasteiger partial charge is 0.227 e. The Morgan fingerprint density at radius 2 is 1.89 bits per heavy atom. The summed E-state index contributed by atoms with van der Waals surface area (Å²) in [6, 6.07) is 9.83. The van der Waals surface area contributed by atoms with E-state index in [9.17, 15) is 4.79 Å². The highest BCUT2D eigenvalue weighted by atomic mass is 32.1. The Balaban J connectivity index is 1.39. The van der Waals surface area contributed by atoms with Gasteiger partial charge in [-0.25, -0.2) is 9.97 Å². The van der Waals surface area contributed by atoms with Crippen molar-refractivity contribution in [3.05, 3.63) is 47.1 Å². The molecule has 140 valence electrons. The Kier molecular flexibility index (Phi) is 4.94. The van der Waals surface area contributed by atoms with E-state index in [1.165, 1.54) is 4.88 Å². The number of piperazine rings is 1. The molecule has 3 heterocycles. The number of hydrogen-bond acceptors (Lipinski definition) is 6. The third kappa shape index (κ3) is 3.73. The van der Waals surface area contributed by atoms with Crippen molar-refractivity contribution in [1.29, 1.82) is 0 Å². The number of carbonyl (C=O) groups is 1. The molecule has 1 aliphatic heterocycles. The van der Waals surface area contributed by atoms with Gasteiger partial charge in [-0.1, -0.05) is 12.1 Å². The molecule has 1 amide bonds. The molecule has 1 aliphatic rings. The van der Waals surface area contributed by atoms with Crippen molar-refractivity contribution < 1.29 is 9.53 Å². The predicted molar refractivity (Wildman–Crippen MR) is 108 cm³/mol. The summed E-state index contributed by atoms with van der Waals surface area (Å²) in [7, 11) is 1.64. The number of carbonyl (C=O) groups excluding carboxylic acids is 1. The van der Waals surface area contributed by atoms with Gasteiger partial charge in [0.05, 0.1) is 18.9 Å². The monoisotopic (exact) mass is 382 g/mol. The summed E-state index contributed by atoms with van der Waals surface area (Å²) in [6.45, 7) is 5.09. The van der Waals surface area contributed by atoms with Crippen molar-refractivity contribution in [1.82, 2.24) is 14.9 Å². The topological polar surface area (TPSA) is 58.6 Å². The number of aryl methyl sites for hydroxylation is 1. The molecule has 6 nitrogen and oxygen atoms in total. The fraction of sp³-hybridized carbons (Fsp3) is 0.350. The van der Waals surface area contributed by atoms with E-state index in [0.29, 0.717) is 19.5 Å². The zero-order chi connectivity index (χ0) is 18.8. The van der Waals surface area contributed by atoms with E-state index >= 15 is 0 Å². The normalized spacial score (nSPS) is 14.6. The van der Waals surface area contributed by atoms with Crippen molar-refractivity contribution in [2.45, 2.75) is 13.3 Å². The molecule has 0 atom stereocenters. The number of aromatic nitrogens is 2. The minimum absolute atomic E-state index is 0.166. The first-order valence-electron chi connectivity index (χ1n) is 9.01. The van der Waals surface area contributed by atoms with Gasteiger partial charge in [-0.15, -0.1) is 11.3 Å².